The van der Waals surface area contributed by atoms with Crippen molar-refractivity contribution in [3.05, 3.63) is 29.8 Å². The molecule has 1 aromatic carbocycles. The molecule has 2 fully saturated rings. The summed E-state index contributed by atoms with van der Waals surface area (Å²) >= 11 is 0. The van der Waals surface area contributed by atoms with Gasteiger partial charge in [-0.15, -0.1) is 0 Å². The van der Waals surface area contributed by atoms with Gasteiger partial charge in [0, 0.05) is 5.54 Å². The van der Waals surface area contributed by atoms with Gasteiger partial charge in [0.05, 0.1) is 6.10 Å². The fourth-order valence-corrected chi connectivity index (χ4v) is 3.33. The van der Waals surface area contributed by atoms with Crippen molar-refractivity contribution in [3.63, 3.8) is 0 Å². The van der Waals surface area contributed by atoms with Crippen LogP contribution >= 0.6 is 0 Å². The quantitative estimate of drug-likeness (QED) is 0.861. The molecule has 2 unspecified atom stereocenters. The molecular formula is C19H29NO. The van der Waals surface area contributed by atoms with Gasteiger partial charge in [0.25, 0.3) is 0 Å². The molecule has 0 heterocycles. The molecule has 2 aliphatic carbocycles. The molecule has 0 aliphatic heterocycles. The van der Waals surface area contributed by atoms with E-state index in [2.05, 4.69) is 50.4 Å². The van der Waals surface area contributed by atoms with E-state index in [4.69, 9.17) is 4.74 Å². The minimum Gasteiger partial charge on any atom is -0.490 e. The van der Waals surface area contributed by atoms with Crippen molar-refractivity contribution in [3.8, 4) is 5.75 Å². The van der Waals surface area contributed by atoms with Crippen molar-refractivity contribution in [2.45, 2.75) is 70.4 Å². The van der Waals surface area contributed by atoms with Crippen molar-refractivity contribution in [2.24, 2.45) is 5.92 Å². The Morgan fingerprint density at radius 2 is 1.76 bits per heavy atom. The Labute approximate surface area is 129 Å². The highest BCUT2D eigenvalue weighted by Gasteiger charge is 2.29. The van der Waals surface area contributed by atoms with Crippen LogP contribution in [0.25, 0.3) is 0 Å². The molecule has 116 valence electrons. The summed E-state index contributed by atoms with van der Waals surface area (Å²) in [5, 5.41) is 3.68. The molecule has 2 aliphatic rings. The van der Waals surface area contributed by atoms with Crippen LogP contribution in [0.5, 0.6) is 5.75 Å². The second-order valence-corrected chi connectivity index (χ2v) is 7.81. The number of nitrogens with one attached hydrogen (secondary N) is 1. The summed E-state index contributed by atoms with van der Waals surface area (Å²) in [6.45, 7) is 7.89. The van der Waals surface area contributed by atoms with Gasteiger partial charge < -0.3 is 10.1 Å². The molecule has 0 aromatic heterocycles. The monoisotopic (exact) mass is 287 g/mol. The molecule has 2 atom stereocenters. The van der Waals surface area contributed by atoms with Gasteiger partial charge in [0.1, 0.15) is 5.75 Å². The largest absolute Gasteiger partial charge is 0.490 e. The Kier molecular flexibility index (Phi) is 4.26. The van der Waals surface area contributed by atoms with Gasteiger partial charge in [-0.05, 0) is 82.5 Å². The SMILES string of the molecule is CC(C)(C)NCC1CCCC1c1ccc(OC2CC2)cc1. The van der Waals surface area contributed by atoms with Crippen LogP contribution < -0.4 is 10.1 Å². The molecular weight excluding hydrogens is 258 g/mol. The van der Waals surface area contributed by atoms with Crippen molar-refractivity contribution in [2.75, 3.05) is 6.54 Å². The summed E-state index contributed by atoms with van der Waals surface area (Å²) in [7, 11) is 0. The first-order valence-corrected chi connectivity index (χ1v) is 8.53. The summed E-state index contributed by atoms with van der Waals surface area (Å²) in [4.78, 5) is 0. The average Bonchev–Trinajstić information content (AvgIpc) is 3.12. The molecule has 0 saturated heterocycles. The summed E-state index contributed by atoms with van der Waals surface area (Å²) in [6, 6.07) is 8.91. The summed E-state index contributed by atoms with van der Waals surface area (Å²) < 4.78 is 5.85. The molecule has 3 rings (SSSR count). The lowest BCUT2D eigenvalue weighted by molar-refractivity contribution is 0.303. The second-order valence-electron chi connectivity index (χ2n) is 7.81. The predicted octanol–water partition coefficient (Wildman–Crippen LogP) is 4.50. The number of hydrogen-bond donors (Lipinski definition) is 1. The Balaban J connectivity index is 1.61. The highest BCUT2D eigenvalue weighted by molar-refractivity contribution is 5.31. The maximum Gasteiger partial charge on any atom is 0.119 e. The van der Waals surface area contributed by atoms with Crippen LogP contribution in [0, 0.1) is 5.92 Å². The van der Waals surface area contributed by atoms with E-state index in [9.17, 15) is 0 Å². The lowest BCUT2D eigenvalue weighted by Crippen LogP contribution is -2.39. The molecule has 2 heteroatoms. The fourth-order valence-electron chi connectivity index (χ4n) is 3.33. The van der Waals surface area contributed by atoms with Gasteiger partial charge in [0.2, 0.25) is 0 Å². The van der Waals surface area contributed by atoms with E-state index < -0.39 is 0 Å². The smallest absolute Gasteiger partial charge is 0.119 e. The number of hydrogen-bond acceptors (Lipinski definition) is 2. The van der Waals surface area contributed by atoms with Crippen LogP contribution in [0.4, 0.5) is 0 Å². The third kappa shape index (κ3) is 4.23. The van der Waals surface area contributed by atoms with E-state index >= 15 is 0 Å². The molecule has 1 aromatic rings. The third-order valence-corrected chi connectivity index (χ3v) is 4.69. The molecule has 0 radical (unpaired) electrons. The van der Waals surface area contributed by atoms with E-state index in [1.165, 1.54) is 37.7 Å². The zero-order chi connectivity index (χ0) is 14.9. The van der Waals surface area contributed by atoms with Crippen LogP contribution in [-0.4, -0.2) is 18.2 Å². The number of ether oxygens (including phenoxy) is 1. The first-order chi connectivity index (χ1) is 10.0. The van der Waals surface area contributed by atoms with Crippen LogP contribution in [0.1, 0.15) is 64.4 Å². The molecule has 0 amide bonds. The first-order valence-electron chi connectivity index (χ1n) is 8.53. The minimum atomic E-state index is 0.217. The number of benzene rings is 1. The van der Waals surface area contributed by atoms with E-state index in [0.717, 1.165) is 24.1 Å². The van der Waals surface area contributed by atoms with E-state index in [0.29, 0.717) is 6.10 Å². The molecule has 2 saturated carbocycles. The molecule has 0 bridgehead atoms. The van der Waals surface area contributed by atoms with E-state index in [1.807, 2.05) is 0 Å². The Morgan fingerprint density at radius 1 is 1.05 bits per heavy atom. The van der Waals surface area contributed by atoms with Crippen molar-refractivity contribution in [1.82, 2.24) is 5.32 Å². The zero-order valence-electron chi connectivity index (χ0n) is 13.7. The van der Waals surface area contributed by atoms with Crippen molar-refractivity contribution < 1.29 is 4.74 Å². The highest BCUT2D eigenvalue weighted by atomic mass is 16.5. The predicted molar refractivity (Wildman–Crippen MR) is 87.9 cm³/mol. The van der Waals surface area contributed by atoms with Gasteiger partial charge in [-0.25, -0.2) is 0 Å². The Morgan fingerprint density at radius 3 is 2.38 bits per heavy atom. The lowest BCUT2D eigenvalue weighted by Gasteiger charge is -2.26. The van der Waals surface area contributed by atoms with Gasteiger partial charge >= 0.3 is 0 Å². The minimum absolute atomic E-state index is 0.217. The average molecular weight is 287 g/mol. The third-order valence-electron chi connectivity index (χ3n) is 4.69. The normalized spacial score (nSPS) is 26.0. The van der Waals surface area contributed by atoms with Gasteiger partial charge in [-0.1, -0.05) is 18.6 Å². The molecule has 0 spiro atoms. The lowest BCUT2D eigenvalue weighted by atomic mass is 9.88. The summed E-state index contributed by atoms with van der Waals surface area (Å²) in [5.41, 5.74) is 1.71. The molecule has 1 N–H and O–H groups in total. The van der Waals surface area contributed by atoms with Crippen LogP contribution in [0.2, 0.25) is 0 Å². The summed E-state index contributed by atoms with van der Waals surface area (Å²) in [5.74, 6) is 2.54. The summed E-state index contributed by atoms with van der Waals surface area (Å²) in [6.07, 6.45) is 7.00. The van der Waals surface area contributed by atoms with Crippen LogP contribution in [0.3, 0.4) is 0 Å². The Bertz CT molecular complexity index is 455. The number of rotatable bonds is 5. The second kappa shape index (κ2) is 6.00. The molecule has 2 nitrogen and oxygen atoms in total. The zero-order valence-corrected chi connectivity index (χ0v) is 13.7. The van der Waals surface area contributed by atoms with Gasteiger partial charge in [-0.3, -0.25) is 0 Å². The maximum absolute atomic E-state index is 5.85. The maximum atomic E-state index is 5.85. The highest BCUT2D eigenvalue weighted by Crippen LogP contribution is 2.40. The standard InChI is InChI=1S/C19H29NO/c1-19(2,3)20-13-15-5-4-6-18(15)14-7-9-16(10-8-14)21-17-11-12-17/h7-10,15,17-18,20H,4-6,11-13H2,1-3H3. The first kappa shape index (κ1) is 14.9. The molecule has 21 heavy (non-hydrogen) atoms. The van der Waals surface area contributed by atoms with Crippen LogP contribution in [0.15, 0.2) is 24.3 Å². The Hall–Kier alpha value is -1.02. The van der Waals surface area contributed by atoms with E-state index in [1.54, 1.807) is 0 Å². The van der Waals surface area contributed by atoms with Crippen LogP contribution in [-0.2, 0) is 0 Å². The van der Waals surface area contributed by atoms with E-state index in [-0.39, 0.29) is 5.54 Å². The van der Waals surface area contributed by atoms with Crippen molar-refractivity contribution >= 4 is 0 Å². The van der Waals surface area contributed by atoms with Gasteiger partial charge in [0.15, 0.2) is 0 Å². The van der Waals surface area contributed by atoms with Gasteiger partial charge in [-0.2, -0.15) is 0 Å². The fraction of sp³-hybridized carbons (Fsp3) is 0.684. The van der Waals surface area contributed by atoms with Crippen molar-refractivity contribution in [1.29, 1.82) is 0 Å². The topological polar surface area (TPSA) is 21.3 Å².